The Morgan fingerprint density at radius 1 is 0.947 bits per heavy atom. The van der Waals surface area contributed by atoms with Gasteiger partial charge in [-0.2, -0.15) is 0 Å². The molecule has 0 radical (unpaired) electrons. The van der Waals surface area contributed by atoms with Gasteiger partial charge in [-0.05, 0) is 37.1 Å². The number of nitrogens with one attached hydrogen (secondary N) is 1. The Morgan fingerprint density at radius 2 is 1.63 bits per heavy atom. The topological polar surface area (TPSA) is 24.9 Å². The number of rotatable bonds is 11. The molecule has 1 atom stereocenters. The summed E-state index contributed by atoms with van der Waals surface area (Å²) in [5.41, 5.74) is 1.39. The van der Waals surface area contributed by atoms with Crippen molar-refractivity contribution in [2.45, 2.75) is 71.3 Å². The molecule has 0 aromatic carbocycles. The molecule has 1 N–H and O–H groups in total. The summed E-state index contributed by atoms with van der Waals surface area (Å²) in [5, 5.41) is 3.66. The zero-order chi connectivity index (χ0) is 13.8. The second-order valence-corrected chi connectivity index (χ2v) is 5.34. The van der Waals surface area contributed by atoms with Crippen LogP contribution < -0.4 is 5.32 Å². The van der Waals surface area contributed by atoms with E-state index in [0.717, 1.165) is 6.54 Å². The van der Waals surface area contributed by atoms with Gasteiger partial charge < -0.3 is 5.32 Å². The van der Waals surface area contributed by atoms with E-state index in [2.05, 4.69) is 36.3 Å². The van der Waals surface area contributed by atoms with Gasteiger partial charge in [-0.15, -0.1) is 0 Å². The molecule has 1 aromatic heterocycles. The van der Waals surface area contributed by atoms with Crippen LogP contribution in [0.4, 0.5) is 0 Å². The SMILES string of the molecule is CCCCCCCCC(NCCC)c1ccncc1. The van der Waals surface area contributed by atoms with E-state index in [1.54, 1.807) is 0 Å². The molecule has 0 aliphatic heterocycles. The van der Waals surface area contributed by atoms with Gasteiger partial charge in [0, 0.05) is 18.4 Å². The fourth-order valence-electron chi connectivity index (χ4n) is 2.43. The van der Waals surface area contributed by atoms with E-state index >= 15 is 0 Å². The minimum atomic E-state index is 0.508. The molecule has 1 unspecified atom stereocenters. The van der Waals surface area contributed by atoms with E-state index in [4.69, 9.17) is 0 Å². The Bertz CT molecular complexity index is 297. The Balaban J connectivity index is 2.30. The van der Waals surface area contributed by atoms with E-state index in [9.17, 15) is 0 Å². The molecule has 0 bridgehead atoms. The van der Waals surface area contributed by atoms with Gasteiger partial charge in [0.05, 0.1) is 0 Å². The number of pyridine rings is 1. The van der Waals surface area contributed by atoms with Crippen LogP contribution >= 0.6 is 0 Å². The summed E-state index contributed by atoms with van der Waals surface area (Å²) in [6, 6.07) is 4.79. The molecule has 0 saturated heterocycles. The maximum atomic E-state index is 4.11. The Labute approximate surface area is 119 Å². The molecule has 0 aliphatic rings. The predicted molar refractivity (Wildman–Crippen MR) is 83.3 cm³/mol. The van der Waals surface area contributed by atoms with Gasteiger partial charge in [0.1, 0.15) is 0 Å². The summed E-state index contributed by atoms with van der Waals surface area (Å²) < 4.78 is 0. The third-order valence-electron chi connectivity index (χ3n) is 3.60. The minimum absolute atomic E-state index is 0.508. The fourth-order valence-corrected chi connectivity index (χ4v) is 2.43. The van der Waals surface area contributed by atoms with Crippen molar-refractivity contribution in [2.75, 3.05) is 6.54 Å². The molecular formula is C17H30N2. The van der Waals surface area contributed by atoms with E-state index < -0.39 is 0 Å². The van der Waals surface area contributed by atoms with Crippen molar-refractivity contribution in [3.8, 4) is 0 Å². The first-order valence-corrected chi connectivity index (χ1v) is 8.01. The van der Waals surface area contributed by atoms with Gasteiger partial charge in [-0.25, -0.2) is 0 Å². The van der Waals surface area contributed by atoms with Crippen LogP contribution in [0.3, 0.4) is 0 Å². The maximum absolute atomic E-state index is 4.11. The number of hydrogen-bond acceptors (Lipinski definition) is 2. The number of aromatic nitrogens is 1. The van der Waals surface area contributed by atoms with Crippen molar-refractivity contribution < 1.29 is 0 Å². The molecule has 2 nitrogen and oxygen atoms in total. The number of hydrogen-bond donors (Lipinski definition) is 1. The maximum Gasteiger partial charge on any atom is 0.0321 e. The Kier molecular flexibility index (Phi) is 9.34. The summed E-state index contributed by atoms with van der Waals surface area (Å²) in [4.78, 5) is 4.11. The molecule has 0 aliphatic carbocycles. The fraction of sp³-hybridized carbons (Fsp3) is 0.706. The first kappa shape index (κ1) is 16.2. The first-order valence-electron chi connectivity index (χ1n) is 8.01. The molecule has 1 rings (SSSR count). The van der Waals surface area contributed by atoms with Crippen LogP contribution in [0.1, 0.15) is 76.8 Å². The smallest absolute Gasteiger partial charge is 0.0321 e. The van der Waals surface area contributed by atoms with Crippen molar-refractivity contribution in [1.82, 2.24) is 10.3 Å². The standard InChI is InChI=1S/C17H30N2/c1-3-5-6-7-8-9-10-17(19-13-4-2)16-11-14-18-15-12-16/h11-12,14-15,17,19H,3-10,13H2,1-2H3. The first-order chi connectivity index (χ1) is 9.38. The van der Waals surface area contributed by atoms with Crippen LogP contribution in [0, 0.1) is 0 Å². The van der Waals surface area contributed by atoms with Crippen LogP contribution in [0.2, 0.25) is 0 Å². The molecule has 19 heavy (non-hydrogen) atoms. The van der Waals surface area contributed by atoms with Gasteiger partial charge in [-0.3, -0.25) is 4.98 Å². The summed E-state index contributed by atoms with van der Waals surface area (Å²) >= 11 is 0. The minimum Gasteiger partial charge on any atom is -0.310 e. The zero-order valence-electron chi connectivity index (χ0n) is 12.7. The monoisotopic (exact) mass is 262 g/mol. The van der Waals surface area contributed by atoms with Crippen molar-refractivity contribution in [1.29, 1.82) is 0 Å². The number of nitrogens with zero attached hydrogens (tertiary/aromatic N) is 1. The van der Waals surface area contributed by atoms with E-state index in [1.165, 1.54) is 56.9 Å². The lowest BCUT2D eigenvalue weighted by Gasteiger charge is -2.18. The lowest BCUT2D eigenvalue weighted by molar-refractivity contribution is 0.466. The van der Waals surface area contributed by atoms with Gasteiger partial charge >= 0.3 is 0 Å². The molecular weight excluding hydrogens is 232 g/mol. The highest BCUT2D eigenvalue weighted by molar-refractivity contribution is 5.14. The quantitative estimate of drug-likeness (QED) is 0.575. The molecule has 0 fully saturated rings. The summed E-state index contributed by atoms with van der Waals surface area (Å²) in [5.74, 6) is 0. The second-order valence-electron chi connectivity index (χ2n) is 5.34. The van der Waals surface area contributed by atoms with Gasteiger partial charge in [0.15, 0.2) is 0 Å². The number of unbranched alkanes of at least 4 members (excludes halogenated alkanes) is 5. The predicted octanol–water partition coefficient (Wildman–Crippen LogP) is 4.87. The average molecular weight is 262 g/mol. The Hall–Kier alpha value is -0.890. The van der Waals surface area contributed by atoms with E-state index in [-0.39, 0.29) is 0 Å². The summed E-state index contributed by atoms with van der Waals surface area (Å²) in [6.45, 7) is 5.60. The third kappa shape index (κ3) is 7.31. The van der Waals surface area contributed by atoms with Crippen molar-refractivity contribution in [2.24, 2.45) is 0 Å². The zero-order valence-corrected chi connectivity index (χ0v) is 12.7. The van der Waals surface area contributed by atoms with Crippen LogP contribution in [0.15, 0.2) is 24.5 Å². The molecule has 0 spiro atoms. The highest BCUT2D eigenvalue weighted by Gasteiger charge is 2.09. The van der Waals surface area contributed by atoms with Crippen LogP contribution in [-0.2, 0) is 0 Å². The summed E-state index contributed by atoms with van der Waals surface area (Å²) in [6.07, 6.45) is 14.5. The van der Waals surface area contributed by atoms with E-state index in [1.807, 2.05) is 12.4 Å². The lowest BCUT2D eigenvalue weighted by atomic mass is 10.0. The highest BCUT2D eigenvalue weighted by atomic mass is 14.9. The van der Waals surface area contributed by atoms with Crippen molar-refractivity contribution >= 4 is 0 Å². The van der Waals surface area contributed by atoms with Crippen LogP contribution in [0.5, 0.6) is 0 Å². The Morgan fingerprint density at radius 3 is 2.32 bits per heavy atom. The highest BCUT2D eigenvalue weighted by Crippen LogP contribution is 2.20. The average Bonchev–Trinajstić information content (AvgIpc) is 2.46. The molecule has 108 valence electrons. The van der Waals surface area contributed by atoms with Gasteiger partial charge in [0.25, 0.3) is 0 Å². The largest absolute Gasteiger partial charge is 0.310 e. The second kappa shape index (κ2) is 11.0. The molecule has 2 heteroatoms. The van der Waals surface area contributed by atoms with Gasteiger partial charge in [0.2, 0.25) is 0 Å². The third-order valence-corrected chi connectivity index (χ3v) is 3.60. The van der Waals surface area contributed by atoms with Crippen LogP contribution in [0.25, 0.3) is 0 Å². The molecule has 0 amide bonds. The van der Waals surface area contributed by atoms with Crippen molar-refractivity contribution in [3.05, 3.63) is 30.1 Å². The normalized spacial score (nSPS) is 12.5. The summed E-state index contributed by atoms with van der Waals surface area (Å²) in [7, 11) is 0. The molecule has 1 aromatic rings. The lowest BCUT2D eigenvalue weighted by Crippen LogP contribution is -2.22. The molecule has 0 saturated carbocycles. The van der Waals surface area contributed by atoms with E-state index in [0.29, 0.717) is 6.04 Å². The van der Waals surface area contributed by atoms with Crippen molar-refractivity contribution in [3.63, 3.8) is 0 Å². The van der Waals surface area contributed by atoms with Gasteiger partial charge in [-0.1, -0.05) is 52.4 Å². The van der Waals surface area contributed by atoms with Crippen LogP contribution in [-0.4, -0.2) is 11.5 Å². The molecule has 1 heterocycles.